The third-order valence-electron chi connectivity index (χ3n) is 2.84. The lowest BCUT2D eigenvalue weighted by Crippen LogP contribution is -2.32. The molecule has 0 aromatic carbocycles. The quantitative estimate of drug-likeness (QED) is 0.619. The van der Waals surface area contributed by atoms with Crippen LogP contribution in [0.5, 0.6) is 0 Å². The van der Waals surface area contributed by atoms with Crippen LogP contribution >= 0.6 is 22.9 Å². The molecule has 0 amide bonds. The van der Waals surface area contributed by atoms with Gasteiger partial charge in [-0.1, -0.05) is 13.8 Å². The van der Waals surface area contributed by atoms with Crippen LogP contribution < -0.4 is 0 Å². The van der Waals surface area contributed by atoms with E-state index in [2.05, 4.69) is 29.1 Å². The lowest BCUT2D eigenvalue weighted by molar-refractivity contribution is 0.139. The van der Waals surface area contributed by atoms with E-state index in [4.69, 9.17) is 16.3 Å². The fourth-order valence-electron chi connectivity index (χ4n) is 2.01. The second-order valence-corrected chi connectivity index (χ2v) is 6.37. The number of aromatic nitrogens is 1. The molecule has 1 aromatic rings. The van der Waals surface area contributed by atoms with Gasteiger partial charge < -0.3 is 9.64 Å². The van der Waals surface area contributed by atoms with E-state index in [1.807, 2.05) is 0 Å². The summed E-state index contributed by atoms with van der Waals surface area (Å²) >= 11 is 7.48. The molecule has 5 heteroatoms. The van der Waals surface area contributed by atoms with Crippen molar-refractivity contribution in [1.82, 2.24) is 9.88 Å². The van der Waals surface area contributed by atoms with Gasteiger partial charge in [0.1, 0.15) is 0 Å². The zero-order valence-electron chi connectivity index (χ0n) is 12.2. The number of alkyl halides is 1. The number of thiazole rings is 1. The Kier molecular flexibility index (Phi) is 8.62. The van der Waals surface area contributed by atoms with E-state index in [9.17, 15) is 0 Å². The zero-order valence-corrected chi connectivity index (χ0v) is 13.8. The van der Waals surface area contributed by atoms with Crippen molar-refractivity contribution in [3.05, 3.63) is 16.1 Å². The highest BCUT2D eigenvalue weighted by Crippen LogP contribution is 2.13. The molecule has 0 N–H and O–H groups in total. The molecule has 19 heavy (non-hydrogen) atoms. The van der Waals surface area contributed by atoms with Crippen LogP contribution in [0.1, 0.15) is 31.0 Å². The van der Waals surface area contributed by atoms with Gasteiger partial charge in [0, 0.05) is 32.0 Å². The third kappa shape index (κ3) is 7.25. The van der Waals surface area contributed by atoms with Gasteiger partial charge in [-0.2, -0.15) is 0 Å². The number of rotatable bonds is 10. The van der Waals surface area contributed by atoms with E-state index in [1.165, 1.54) is 5.01 Å². The summed E-state index contributed by atoms with van der Waals surface area (Å²) in [5, 5.41) is 3.26. The van der Waals surface area contributed by atoms with Gasteiger partial charge in [-0.15, -0.1) is 22.9 Å². The summed E-state index contributed by atoms with van der Waals surface area (Å²) < 4.78 is 5.17. The van der Waals surface area contributed by atoms with Gasteiger partial charge in [0.05, 0.1) is 23.2 Å². The molecule has 0 spiro atoms. The van der Waals surface area contributed by atoms with E-state index >= 15 is 0 Å². The van der Waals surface area contributed by atoms with Gasteiger partial charge in [0.15, 0.2) is 0 Å². The van der Waals surface area contributed by atoms with Crippen molar-refractivity contribution in [2.45, 2.75) is 32.6 Å². The predicted octanol–water partition coefficient (Wildman–Crippen LogP) is 3.42. The number of aryl methyl sites for hydroxylation is 1. The Hall–Kier alpha value is -0.160. The average molecular weight is 305 g/mol. The molecule has 0 atom stereocenters. The molecule has 0 unspecified atom stereocenters. The van der Waals surface area contributed by atoms with Gasteiger partial charge in [-0.05, 0) is 18.9 Å². The van der Waals surface area contributed by atoms with Gasteiger partial charge in [-0.25, -0.2) is 4.98 Å². The highest BCUT2D eigenvalue weighted by atomic mass is 35.5. The Morgan fingerprint density at radius 3 is 2.79 bits per heavy atom. The molecule has 0 bridgehead atoms. The Labute approximate surface area is 125 Å². The van der Waals surface area contributed by atoms with Crippen molar-refractivity contribution in [1.29, 1.82) is 0 Å². The summed E-state index contributed by atoms with van der Waals surface area (Å²) in [6.45, 7) is 8.58. The number of ether oxygens (including phenoxy) is 1. The molecule has 0 aliphatic heterocycles. The summed E-state index contributed by atoms with van der Waals surface area (Å²) in [6, 6.07) is 0. The first-order valence-electron chi connectivity index (χ1n) is 6.86. The smallest absolute Gasteiger partial charge is 0.0929 e. The second-order valence-electron chi connectivity index (χ2n) is 5.16. The van der Waals surface area contributed by atoms with E-state index in [0.29, 0.717) is 11.8 Å². The second kappa shape index (κ2) is 9.70. The summed E-state index contributed by atoms with van der Waals surface area (Å²) in [5.41, 5.74) is 1.00. The summed E-state index contributed by atoms with van der Waals surface area (Å²) in [7, 11) is 1.76. The van der Waals surface area contributed by atoms with Crippen LogP contribution in [0.3, 0.4) is 0 Å². The van der Waals surface area contributed by atoms with Crippen LogP contribution in [-0.2, 0) is 17.0 Å². The molecular formula is C14H25ClN2OS. The van der Waals surface area contributed by atoms with Crippen LogP contribution in [0, 0.1) is 5.92 Å². The van der Waals surface area contributed by atoms with E-state index < -0.39 is 0 Å². The van der Waals surface area contributed by atoms with Crippen molar-refractivity contribution in [2.75, 3.05) is 33.4 Å². The van der Waals surface area contributed by atoms with Gasteiger partial charge in [0.25, 0.3) is 0 Å². The monoisotopic (exact) mass is 304 g/mol. The summed E-state index contributed by atoms with van der Waals surface area (Å²) in [5.74, 6) is 1.21. The van der Waals surface area contributed by atoms with Crippen LogP contribution in [0.15, 0.2) is 5.38 Å². The van der Waals surface area contributed by atoms with Gasteiger partial charge in [-0.3, -0.25) is 0 Å². The van der Waals surface area contributed by atoms with E-state index in [0.717, 1.165) is 44.8 Å². The van der Waals surface area contributed by atoms with Crippen LogP contribution in [-0.4, -0.2) is 43.2 Å². The van der Waals surface area contributed by atoms with Gasteiger partial charge >= 0.3 is 0 Å². The molecule has 1 heterocycles. The van der Waals surface area contributed by atoms with E-state index in [1.54, 1.807) is 18.4 Å². The van der Waals surface area contributed by atoms with Crippen molar-refractivity contribution in [3.63, 3.8) is 0 Å². The first-order valence-corrected chi connectivity index (χ1v) is 8.27. The molecule has 1 aromatic heterocycles. The molecule has 0 saturated heterocycles. The molecule has 0 saturated carbocycles. The number of methoxy groups -OCH3 is 1. The van der Waals surface area contributed by atoms with E-state index in [-0.39, 0.29) is 0 Å². The maximum Gasteiger partial charge on any atom is 0.0929 e. The highest BCUT2D eigenvalue weighted by molar-refractivity contribution is 7.09. The SMILES string of the molecule is COCCN(CCCc1nc(CCl)cs1)CC(C)C. The molecular weight excluding hydrogens is 280 g/mol. The predicted molar refractivity (Wildman–Crippen MR) is 83.1 cm³/mol. The number of halogens is 1. The highest BCUT2D eigenvalue weighted by Gasteiger charge is 2.08. The Morgan fingerprint density at radius 1 is 1.42 bits per heavy atom. The molecule has 0 fully saturated rings. The fourth-order valence-corrected chi connectivity index (χ4v) is 3.08. The number of nitrogens with zero attached hydrogens (tertiary/aromatic N) is 2. The number of hydrogen-bond donors (Lipinski definition) is 0. The molecule has 110 valence electrons. The zero-order chi connectivity index (χ0) is 14.1. The van der Waals surface area contributed by atoms with Crippen molar-refractivity contribution in [3.8, 4) is 0 Å². The third-order valence-corrected chi connectivity index (χ3v) is 4.07. The maximum absolute atomic E-state index is 5.76. The standard InChI is InChI=1S/C14H25ClN2OS/c1-12(2)10-17(7-8-18-3)6-4-5-14-16-13(9-15)11-19-14/h11-12H,4-10H2,1-3H3. The van der Waals surface area contributed by atoms with Crippen LogP contribution in [0.2, 0.25) is 0 Å². The van der Waals surface area contributed by atoms with Crippen LogP contribution in [0.4, 0.5) is 0 Å². The minimum atomic E-state index is 0.518. The summed E-state index contributed by atoms with van der Waals surface area (Å²) in [6.07, 6.45) is 2.19. The minimum absolute atomic E-state index is 0.518. The Morgan fingerprint density at radius 2 is 2.21 bits per heavy atom. The Balaban J connectivity index is 2.29. The number of hydrogen-bond acceptors (Lipinski definition) is 4. The van der Waals surface area contributed by atoms with Crippen LogP contribution in [0.25, 0.3) is 0 Å². The first kappa shape index (κ1) is 16.9. The molecule has 3 nitrogen and oxygen atoms in total. The average Bonchev–Trinajstić information content (AvgIpc) is 2.83. The molecule has 1 rings (SSSR count). The molecule has 0 aliphatic rings. The van der Waals surface area contributed by atoms with Crippen molar-refractivity contribution in [2.24, 2.45) is 5.92 Å². The van der Waals surface area contributed by atoms with Crippen molar-refractivity contribution < 1.29 is 4.74 Å². The lowest BCUT2D eigenvalue weighted by Gasteiger charge is -2.23. The summed E-state index contributed by atoms with van der Waals surface area (Å²) in [4.78, 5) is 6.97. The Bertz CT molecular complexity index is 344. The molecule has 0 radical (unpaired) electrons. The first-order chi connectivity index (χ1) is 9.15. The lowest BCUT2D eigenvalue weighted by atomic mass is 10.2. The topological polar surface area (TPSA) is 25.4 Å². The van der Waals surface area contributed by atoms with Gasteiger partial charge in [0.2, 0.25) is 0 Å². The minimum Gasteiger partial charge on any atom is -0.383 e. The normalized spacial score (nSPS) is 11.7. The van der Waals surface area contributed by atoms with Crippen molar-refractivity contribution >= 4 is 22.9 Å². The molecule has 0 aliphatic carbocycles. The maximum atomic E-state index is 5.76. The fraction of sp³-hybridized carbons (Fsp3) is 0.786. The largest absolute Gasteiger partial charge is 0.383 e.